The number of nitrogens with zero attached hydrogens (tertiary/aromatic N) is 1. The van der Waals surface area contributed by atoms with E-state index in [1.807, 2.05) is 38.1 Å². The molecule has 0 aromatic heterocycles. The molecule has 1 fully saturated rings. The van der Waals surface area contributed by atoms with E-state index in [4.69, 9.17) is 0 Å². The van der Waals surface area contributed by atoms with Gasteiger partial charge in [-0.2, -0.15) is 0 Å². The summed E-state index contributed by atoms with van der Waals surface area (Å²) in [6.45, 7) is 4.69. The van der Waals surface area contributed by atoms with Crippen molar-refractivity contribution in [3.8, 4) is 0 Å². The number of hydrogen-bond donors (Lipinski definition) is 1. The fourth-order valence-electron chi connectivity index (χ4n) is 2.92. The van der Waals surface area contributed by atoms with Gasteiger partial charge < -0.3 is 4.90 Å². The number of rotatable bonds is 5. The molecule has 2 aromatic rings. The molecule has 1 unspecified atom stereocenters. The zero-order chi connectivity index (χ0) is 18.0. The van der Waals surface area contributed by atoms with Crippen LogP contribution in [0.1, 0.15) is 17.5 Å². The average molecular weight is 358 g/mol. The van der Waals surface area contributed by atoms with Gasteiger partial charge in [0.25, 0.3) is 0 Å². The molecule has 2 aromatic carbocycles. The summed E-state index contributed by atoms with van der Waals surface area (Å²) >= 11 is 0. The highest BCUT2D eigenvalue weighted by atomic mass is 32.2. The van der Waals surface area contributed by atoms with Crippen molar-refractivity contribution in [3.05, 3.63) is 59.7 Å². The molecule has 1 N–H and O–H groups in total. The fourth-order valence-corrected chi connectivity index (χ4v) is 4.04. The Morgan fingerprint density at radius 2 is 1.56 bits per heavy atom. The lowest BCUT2D eigenvalue weighted by molar-refractivity contribution is -0.117. The van der Waals surface area contributed by atoms with Gasteiger partial charge in [-0.3, -0.25) is 4.79 Å². The Kier molecular flexibility index (Phi) is 4.92. The van der Waals surface area contributed by atoms with Crippen molar-refractivity contribution in [1.82, 2.24) is 4.72 Å². The first-order chi connectivity index (χ1) is 11.8. The Labute approximate surface area is 148 Å². The minimum Gasteiger partial charge on any atom is -0.312 e. The predicted octanol–water partition coefficient (Wildman–Crippen LogP) is 2.63. The van der Waals surface area contributed by atoms with Crippen molar-refractivity contribution >= 4 is 21.6 Å². The van der Waals surface area contributed by atoms with Crippen LogP contribution in [-0.2, 0) is 14.8 Å². The third kappa shape index (κ3) is 4.08. The van der Waals surface area contributed by atoms with Crippen LogP contribution in [0.4, 0.5) is 5.69 Å². The van der Waals surface area contributed by atoms with Gasteiger partial charge in [-0.15, -0.1) is 0 Å². The quantitative estimate of drug-likeness (QED) is 0.893. The predicted molar refractivity (Wildman–Crippen MR) is 98.0 cm³/mol. The van der Waals surface area contributed by atoms with E-state index < -0.39 is 10.0 Å². The summed E-state index contributed by atoms with van der Waals surface area (Å²) in [5, 5.41) is 0. The van der Waals surface area contributed by atoms with Crippen molar-refractivity contribution in [2.24, 2.45) is 5.92 Å². The van der Waals surface area contributed by atoms with Gasteiger partial charge in [0.05, 0.1) is 4.90 Å². The Morgan fingerprint density at radius 3 is 2.16 bits per heavy atom. The van der Waals surface area contributed by atoms with Crippen molar-refractivity contribution in [2.75, 3.05) is 18.0 Å². The summed E-state index contributed by atoms with van der Waals surface area (Å²) in [6.07, 6.45) is 0.351. The topological polar surface area (TPSA) is 66.5 Å². The summed E-state index contributed by atoms with van der Waals surface area (Å²) in [7, 11) is -3.55. The molecule has 25 heavy (non-hydrogen) atoms. The lowest BCUT2D eigenvalue weighted by Gasteiger charge is -2.17. The second-order valence-corrected chi connectivity index (χ2v) is 8.34. The summed E-state index contributed by atoms with van der Waals surface area (Å²) in [4.78, 5) is 14.2. The maximum atomic E-state index is 12.4. The van der Waals surface area contributed by atoms with E-state index >= 15 is 0 Å². The van der Waals surface area contributed by atoms with Gasteiger partial charge in [-0.05, 0) is 44.0 Å². The van der Waals surface area contributed by atoms with E-state index in [1.54, 1.807) is 29.2 Å². The van der Waals surface area contributed by atoms with Gasteiger partial charge in [0.15, 0.2) is 0 Å². The monoisotopic (exact) mass is 358 g/mol. The molecule has 3 rings (SSSR count). The number of sulfonamides is 1. The SMILES string of the molecule is Cc1ccc(N2CC(CNS(=O)(=O)c3ccc(C)cc3)CC2=O)cc1. The molecular formula is C19H22N2O3S. The van der Waals surface area contributed by atoms with Crippen LogP contribution in [0.3, 0.4) is 0 Å². The minimum absolute atomic E-state index is 0.0309. The molecule has 0 saturated carbocycles. The van der Waals surface area contributed by atoms with Crippen molar-refractivity contribution in [1.29, 1.82) is 0 Å². The van der Waals surface area contributed by atoms with E-state index in [-0.39, 0.29) is 23.3 Å². The number of carbonyl (C=O) groups is 1. The first-order valence-electron chi connectivity index (χ1n) is 8.28. The number of hydrogen-bond acceptors (Lipinski definition) is 3. The highest BCUT2D eigenvalue weighted by molar-refractivity contribution is 7.89. The number of aryl methyl sites for hydroxylation is 2. The van der Waals surface area contributed by atoms with Gasteiger partial charge >= 0.3 is 0 Å². The smallest absolute Gasteiger partial charge is 0.240 e. The fraction of sp³-hybridized carbons (Fsp3) is 0.316. The molecule has 5 nitrogen and oxygen atoms in total. The molecule has 132 valence electrons. The second-order valence-electron chi connectivity index (χ2n) is 6.57. The lowest BCUT2D eigenvalue weighted by atomic mass is 10.1. The molecule has 0 radical (unpaired) electrons. The summed E-state index contributed by atoms with van der Waals surface area (Å²) < 4.78 is 27.4. The molecule has 0 aliphatic carbocycles. The van der Waals surface area contributed by atoms with Gasteiger partial charge in [0.2, 0.25) is 15.9 Å². The average Bonchev–Trinajstić information content (AvgIpc) is 2.95. The van der Waals surface area contributed by atoms with Crippen LogP contribution in [0.2, 0.25) is 0 Å². The molecule has 1 atom stereocenters. The zero-order valence-electron chi connectivity index (χ0n) is 14.4. The third-order valence-electron chi connectivity index (χ3n) is 4.44. The van der Waals surface area contributed by atoms with Gasteiger partial charge in [0.1, 0.15) is 0 Å². The zero-order valence-corrected chi connectivity index (χ0v) is 15.2. The Morgan fingerprint density at radius 1 is 1.00 bits per heavy atom. The maximum absolute atomic E-state index is 12.4. The first kappa shape index (κ1) is 17.6. The summed E-state index contributed by atoms with van der Waals surface area (Å²) in [5.41, 5.74) is 3.01. The Balaban J connectivity index is 1.63. The standard InChI is InChI=1S/C19H22N2O3S/c1-14-3-7-17(8-4-14)21-13-16(11-19(21)22)12-20-25(23,24)18-9-5-15(2)6-10-18/h3-10,16,20H,11-13H2,1-2H3. The summed E-state index contributed by atoms with van der Waals surface area (Å²) in [5.74, 6) is -0.00240. The van der Waals surface area contributed by atoms with E-state index in [9.17, 15) is 13.2 Å². The number of nitrogens with one attached hydrogen (secondary N) is 1. The largest absolute Gasteiger partial charge is 0.312 e. The molecule has 1 saturated heterocycles. The van der Waals surface area contributed by atoms with Gasteiger partial charge in [-0.1, -0.05) is 35.4 Å². The van der Waals surface area contributed by atoms with E-state index in [2.05, 4.69) is 4.72 Å². The van der Waals surface area contributed by atoms with Crippen molar-refractivity contribution in [2.45, 2.75) is 25.2 Å². The van der Waals surface area contributed by atoms with E-state index in [0.717, 1.165) is 16.8 Å². The summed E-state index contributed by atoms with van der Waals surface area (Å²) in [6, 6.07) is 14.5. The molecule has 1 aliphatic heterocycles. The lowest BCUT2D eigenvalue weighted by Crippen LogP contribution is -2.31. The van der Waals surface area contributed by atoms with Gasteiger partial charge in [-0.25, -0.2) is 13.1 Å². The molecular weight excluding hydrogens is 336 g/mol. The van der Waals surface area contributed by atoms with Crippen molar-refractivity contribution in [3.63, 3.8) is 0 Å². The van der Waals surface area contributed by atoms with Crippen LogP contribution < -0.4 is 9.62 Å². The highest BCUT2D eigenvalue weighted by Crippen LogP contribution is 2.25. The molecule has 0 spiro atoms. The van der Waals surface area contributed by atoms with Crippen molar-refractivity contribution < 1.29 is 13.2 Å². The van der Waals surface area contributed by atoms with Crippen LogP contribution in [0.15, 0.2) is 53.4 Å². The normalized spacial score (nSPS) is 17.9. The van der Waals surface area contributed by atoms with Crippen LogP contribution in [0.5, 0.6) is 0 Å². The first-order valence-corrected chi connectivity index (χ1v) is 9.77. The molecule has 0 bridgehead atoms. The number of benzene rings is 2. The molecule has 1 heterocycles. The number of carbonyl (C=O) groups excluding carboxylic acids is 1. The third-order valence-corrected chi connectivity index (χ3v) is 5.88. The molecule has 1 aliphatic rings. The highest BCUT2D eigenvalue weighted by Gasteiger charge is 2.31. The second kappa shape index (κ2) is 6.98. The van der Waals surface area contributed by atoms with Crippen LogP contribution in [0, 0.1) is 19.8 Å². The van der Waals surface area contributed by atoms with E-state index in [0.29, 0.717) is 13.0 Å². The maximum Gasteiger partial charge on any atom is 0.240 e. The minimum atomic E-state index is -3.55. The molecule has 1 amide bonds. The van der Waals surface area contributed by atoms with Crippen LogP contribution in [0.25, 0.3) is 0 Å². The van der Waals surface area contributed by atoms with Gasteiger partial charge in [0, 0.05) is 25.2 Å². The van der Waals surface area contributed by atoms with Crippen LogP contribution >= 0.6 is 0 Å². The molecule has 6 heteroatoms. The van der Waals surface area contributed by atoms with Crippen LogP contribution in [-0.4, -0.2) is 27.4 Å². The Bertz CT molecular complexity index is 859. The Hall–Kier alpha value is -2.18. The number of anilines is 1. The van der Waals surface area contributed by atoms with E-state index in [1.165, 1.54) is 0 Å². The number of amides is 1.